The molecule has 2 amide bonds. The summed E-state index contributed by atoms with van der Waals surface area (Å²) in [5, 5.41) is 7.94. The van der Waals surface area contributed by atoms with E-state index in [1.54, 1.807) is 7.11 Å². The second-order valence-corrected chi connectivity index (χ2v) is 11.0. The molecule has 36 heavy (non-hydrogen) atoms. The van der Waals surface area contributed by atoms with Gasteiger partial charge in [0.1, 0.15) is 0 Å². The molecule has 196 valence electrons. The van der Waals surface area contributed by atoms with E-state index in [2.05, 4.69) is 50.6 Å². The Kier molecular flexibility index (Phi) is 8.27. The van der Waals surface area contributed by atoms with E-state index in [-0.39, 0.29) is 29.7 Å². The summed E-state index contributed by atoms with van der Waals surface area (Å²) in [4.78, 5) is 28.8. The first kappa shape index (κ1) is 25.3. The number of rotatable bonds is 10. The smallest absolute Gasteiger partial charge is 0.227 e. The third kappa shape index (κ3) is 5.94. The van der Waals surface area contributed by atoms with Crippen LogP contribution in [0.25, 0.3) is 10.9 Å². The zero-order valence-corrected chi connectivity index (χ0v) is 21.7. The fraction of sp³-hybridized carbons (Fsp3) is 0.655. The molecule has 1 aliphatic heterocycles. The first-order chi connectivity index (χ1) is 17.6. The summed E-state index contributed by atoms with van der Waals surface area (Å²) in [6.45, 7) is 3.73. The Morgan fingerprint density at radius 1 is 1.08 bits per heavy atom. The lowest BCUT2D eigenvalue weighted by Crippen LogP contribution is -2.53. The maximum Gasteiger partial charge on any atom is 0.227 e. The molecule has 2 heterocycles. The van der Waals surface area contributed by atoms with E-state index in [1.165, 1.54) is 22.9 Å². The third-order valence-electron chi connectivity index (χ3n) is 8.25. The van der Waals surface area contributed by atoms with Gasteiger partial charge in [0.2, 0.25) is 11.8 Å². The minimum atomic E-state index is -0.0916. The van der Waals surface area contributed by atoms with Crippen molar-refractivity contribution in [1.29, 1.82) is 0 Å². The van der Waals surface area contributed by atoms with Crippen LogP contribution >= 0.6 is 0 Å². The van der Waals surface area contributed by atoms with E-state index in [9.17, 15) is 9.59 Å². The van der Waals surface area contributed by atoms with E-state index in [1.807, 2.05) is 0 Å². The highest BCUT2D eigenvalue weighted by Crippen LogP contribution is 2.33. The Balaban J connectivity index is 1.26. The Morgan fingerprint density at radius 3 is 2.67 bits per heavy atom. The van der Waals surface area contributed by atoms with E-state index in [4.69, 9.17) is 4.74 Å². The summed E-state index contributed by atoms with van der Waals surface area (Å²) in [7, 11) is 1.74. The van der Waals surface area contributed by atoms with Crippen LogP contribution < -0.4 is 10.6 Å². The van der Waals surface area contributed by atoms with Crippen molar-refractivity contribution in [1.82, 2.24) is 20.1 Å². The standard InChI is InChI=1S/C29H42N4O3/c1-36-15-7-14-32-19-23(26-10-5-6-11-27(26)32)20-33(25-12-13-25)29(35)22-16-24(18-30-17-22)31-28(34)21-8-3-2-4-9-21/h5-6,10-11,19,21-22,24-25,30H,2-4,7-9,12-18,20H2,1H3,(H,31,34)/t22?,24-/m1/s1. The van der Waals surface area contributed by atoms with Gasteiger partial charge in [-0.2, -0.15) is 0 Å². The van der Waals surface area contributed by atoms with Crippen LogP contribution in [0.2, 0.25) is 0 Å². The van der Waals surface area contributed by atoms with Crippen LogP contribution in [-0.2, 0) is 27.4 Å². The van der Waals surface area contributed by atoms with Gasteiger partial charge in [-0.25, -0.2) is 0 Å². The molecule has 7 nitrogen and oxygen atoms in total. The molecule has 3 fully saturated rings. The van der Waals surface area contributed by atoms with Crippen molar-refractivity contribution in [2.75, 3.05) is 26.8 Å². The number of hydrogen-bond donors (Lipinski definition) is 2. The second kappa shape index (κ2) is 11.8. The number of aryl methyl sites for hydroxylation is 1. The molecule has 2 N–H and O–H groups in total. The molecule has 1 saturated heterocycles. The van der Waals surface area contributed by atoms with Gasteiger partial charge in [-0.15, -0.1) is 0 Å². The Labute approximate surface area is 214 Å². The van der Waals surface area contributed by atoms with Gasteiger partial charge in [0.05, 0.1) is 5.92 Å². The average molecular weight is 495 g/mol. The first-order valence-electron chi connectivity index (χ1n) is 14.0. The molecular formula is C29H42N4O3. The highest BCUT2D eigenvalue weighted by molar-refractivity contribution is 5.85. The van der Waals surface area contributed by atoms with Crippen LogP contribution in [0, 0.1) is 11.8 Å². The SMILES string of the molecule is COCCCn1cc(CN(C(=O)C2CNC[C@H](NC(=O)C3CCCCC3)C2)C2CC2)c2ccccc21. The predicted molar refractivity (Wildman–Crippen MR) is 141 cm³/mol. The predicted octanol–water partition coefficient (Wildman–Crippen LogP) is 3.84. The fourth-order valence-electron chi connectivity index (χ4n) is 6.13. The number of carbonyl (C=O) groups is 2. The van der Waals surface area contributed by atoms with Crippen LogP contribution in [0.4, 0.5) is 0 Å². The number of aromatic nitrogens is 1. The number of methoxy groups -OCH3 is 1. The van der Waals surface area contributed by atoms with Gasteiger partial charge in [-0.05, 0) is 50.2 Å². The zero-order valence-electron chi connectivity index (χ0n) is 21.7. The maximum absolute atomic E-state index is 13.8. The van der Waals surface area contributed by atoms with E-state index in [0.717, 1.165) is 71.1 Å². The van der Waals surface area contributed by atoms with Crippen LogP contribution in [0.1, 0.15) is 63.4 Å². The summed E-state index contributed by atoms with van der Waals surface area (Å²) in [6.07, 6.45) is 11.6. The molecule has 2 aliphatic carbocycles. The molecule has 1 aromatic carbocycles. The summed E-state index contributed by atoms with van der Waals surface area (Å²) in [5.41, 5.74) is 2.44. The highest BCUT2D eigenvalue weighted by Gasteiger charge is 2.38. The number of nitrogens with one attached hydrogen (secondary N) is 2. The molecule has 1 unspecified atom stereocenters. The van der Waals surface area contributed by atoms with Gasteiger partial charge in [0, 0.05) is 75.0 Å². The van der Waals surface area contributed by atoms with Crippen LogP contribution in [-0.4, -0.2) is 60.2 Å². The molecule has 1 aromatic heterocycles. The molecule has 2 aromatic rings. The number of carbonyl (C=O) groups excluding carboxylic acids is 2. The van der Waals surface area contributed by atoms with Crippen molar-refractivity contribution in [3.05, 3.63) is 36.0 Å². The molecule has 3 aliphatic rings. The van der Waals surface area contributed by atoms with Crippen LogP contribution in [0.15, 0.2) is 30.5 Å². The topological polar surface area (TPSA) is 75.6 Å². The molecule has 0 bridgehead atoms. The van der Waals surface area contributed by atoms with Gasteiger partial charge < -0.3 is 24.8 Å². The molecule has 2 saturated carbocycles. The number of para-hydroxylation sites is 1. The van der Waals surface area contributed by atoms with Crippen molar-refractivity contribution < 1.29 is 14.3 Å². The molecule has 2 atom stereocenters. The number of hydrogen-bond acceptors (Lipinski definition) is 4. The zero-order chi connectivity index (χ0) is 24.9. The summed E-state index contributed by atoms with van der Waals surface area (Å²) < 4.78 is 7.56. The van der Waals surface area contributed by atoms with Crippen molar-refractivity contribution in [3.8, 4) is 0 Å². The van der Waals surface area contributed by atoms with Crippen molar-refractivity contribution >= 4 is 22.7 Å². The van der Waals surface area contributed by atoms with E-state index < -0.39 is 0 Å². The largest absolute Gasteiger partial charge is 0.385 e. The minimum Gasteiger partial charge on any atom is -0.385 e. The molecular weight excluding hydrogens is 452 g/mol. The lowest BCUT2D eigenvalue weighted by Gasteiger charge is -2.34. The summed E-state index contributed by atoms with van der Waals surface area (Å²) in [6, 6.07) is 8.87. The summed E-state index contributed by atoms with van der Waals surface area (Å²) >= 11 is 0. The Bertz CT molecular complexity index is 1040. The average Bonchev–Trinajstić information content (AvgIpc) is 3.70. The maximum atomic E-state index is 13.8. The monoisotopic (exact) mass is 494 g/mol. The number of piperidine rings is 1. The van der Waals surface area contributed by atoms with Gasteiger partial charge in [-0.1, -0.05) is 37.5 Å². The van der Waals surface area contributed by atoms with E-state index in [0.29, 0.717) is 19.1 Å². The van der Waals surface area contributed by atoms with Crippen molar-refractivity contribution in [2.24, 2.45) is 11.8 Å². The second-order valence-electron chi connectivity index (χ2n) is 11.0. The van der Waals surface area contributed by atoms with Crippen molar-refractivity contribution in [3.63, 3.8) is 0 Å². The minimum absolute atomic E-state index is 0.0332. The normalized spacial score (nSPS) is 23.0. The summed E-state index contributed by atoms with van der Waals surface area (Å²) in [5.74, 6) is 0.484. The lowest BCUT2D eigenvalue weighted by atomic mass is 9.87. The van der Waals surface area contributed by atoms with Crippen LogP contribution in [0.5, 0.6) is 0 Å². The van der Waals surface area contributed by atoms with Gasteiger partial charge >= 0.3 is 0 Å². The third-order valence-corrected chi connectivity index (χ3v) is 8.25. The molecule has 5 rings (SSSR count). The molecule has 7 heteroatoms. The lowest BCUT2D eigenvalue weighted by molar-refractivity contribution is -0.138. The van der Waals surface area contributed by atoms with Crippen molar-refractivity contribution in [2.45, 2.75) is 83.0 Å². The van der Waals surface area contributed by atoms with Gasteiger partial charge in [-0.3, -0.25) is 9.59 Å². The van der Waals surface area contributed by atoms with E-state index >= 15 is 0 Å². The quantitative estimate of drug-likeness (QED) is 0.492. The van der Waals surface area contributed by atoms with Crippen LogP contribution in [0.3, 0.4) is 0 Å². The molecule has 0 spiro atoms. The molecule has 0 radical (unpaired) electrons. The number of benzene rings is 1. The number of fused-ring (bicyclic) bond motifs is 1. The number of nitrogens with zero attached hydrogens (tertiary/aromatic N) is 2. The number of ether oxygens (including phenoxy) is 1. The van der Waals surface area contributed by atoms with Gasteiger partial charge in [0.15, 0.2) is 0 Å². The first-order valence-corrected chi connectivity index (χ1v) is 14.0. The number of amides is 2. The Morgan fingerprint density at radius 2 is 1.89 bits per heavy atom. The van der Waals surface area contributed by atoms with Gasteiger partial charge in [0.25, 0.3) is 0 Å². The fourth-order valence-corrected chi connectivity index (χ4v) is 6.13. The highest BCUT2D eigenvalue weighted by atomic mass is 16.5. The Hall–Kier alpha value is -2.38.